The van der Waals surface area contributed by atoms with Crippen LogP contribution in [0.4, 0.5) is 0 Å². The molecule has 0 aliphatic heterocycles. The highest BCUT2D eigenvalue weighted by atomic mass is 16.3. The molecule has 4 heteroatoms. The average molecular weight is 349 g/mol. The molecule has 0 saturated heterocycles. The summed E-state index contributed by atoms with van der Waals surface area (Å²) in [6, 6.07) is 3.58. The first-order chi connectivity index (χ1) is 12.3. The smallest absolute Gasteiger partial charge is 0.240 e. The van der Waals surface area contributed by atoms with E-state index >= 15 is 0 Å². The van der Waals surface area contributed by atoms with Gasteiger partial charge in [0.25, 0.3) is 0 Å². The molecule has 0 atom stereocenters. The molecule has 25 heavy (non-hydrogen) atoms. The molecule has 1 aromatic rings. The zero-order valence-electron chi connectivity index (χ0n) is 16.0. The lowest BCUT2D eigenvalue weighted by atomic mass is 10.0. The van der Waals surface area contributed by atoms with Gasteiger partial charge >= 0.3 is 0 Å². The average Bonchev–Trinajstić information content (AvgIpc) is 3.12. The summed E-state index contributed by atoms with van der Waals surface area (Å²) >= 11 is 0. The summed E-state index contributed by atoms with van der Waals surface area (Å²) in [6.07, 6.45) is 20.7. The van der Waals surface area contributed by atoms with Crippen molar-refractivity contribution in [1.29, 1.82) is 0 Å². The Morgan fingerprint density at radius 1 is 0.960 bits per heavy atom. The van der Waals surface area contributed by atoms with Crippen molar-refractivity contribution in [2.75, 3.05) is 0 Å². The second kappa shape index (κ2) is 15.9. The fourth-order valence-electron chi connectivity index (χ4n) is 2.89. The minimum absolute atomic E-state index is 0.0223. The molecule has 0 radical (unpaired) electrons. The lowest BCUT2D eigenvalue weighted by Gasteiger charge is -2.03. The van der Waals surface area contributed by atoms with Crippen LogP contribution in [0.25, 0.3) is 0 Å². The molecular weight excluding hydrogens is 312 g/mol. The van der Waals surface area contributed by atoms with Crippen LogP contribution in [0.2, 0.25) is 0 Å². The number of hydrazone groups is 1. The SMILES string of the molecule is CCCCCCCCCCCCCCCC(=O)NN=Cc1ccco1. The van der Waals surface area contributed by atoms with Crippen LogP contribution < -0.4 is 5.43 Å². The fraction of sp³-hybridized carbons (Fsp3) is 0.714. The van der Waals surface area contributed by atoms with Crippen LogP contribution in [0.5, 0.6) is 0 Å². The number of nitrogens with zero attached hydrogens (tertiary/aromatic N) is 1. The summed E-state index contributed by atoms with van der Waals surface area (Å²) in [7, 11) is 0. The van der Waals surface area contributed by atoms with Gasteiger partial charge in [0.1, 0.15) is 5.76 Å². The maximum atomic E-state index is 11.6. The van der Waals surface area contributed by atoms with Crippen molar-refractivity contribution in [3.63, 3.8) is 0 Å². The van der Waals surface area contributed by atoms with Crippen LogP contribution in [-0.2, 0) is 4.79 Å². The molecule has 1 heterocycles. The van der Waals surface area contributed by atoms with E-state index < -0.39 is 0 Å². The summed E-state index contributed by atoms with van der Waals surface area (Å²) < 4.78 is 5.10. The monoisotopic (exact) mass is 348 g/mol. The highest BCUT2D eigenvalue weighted by Crippen LogP contribution is 2.12. The maximum absolute atomic E-state index is 11.6. The Labute approximate surface area is 153 Å². The Balaban J connectivity index is 1.80. The Bertz CT molecular complexity index is 441. The van der Waals surface area contributed by atoms with Gasteiger partial charge in [-0.25, -0.2) is 5.43 Å². The lowest BCUT2D eigenvalue weighted by molar-refractivity contribution is -0.121. The molecule has 1 N–H and O–H groups in total. The molecule has 1 aromatic heterocycles. The van der Waals surface area contributed by atoms with Crippen molar-refractivity contribution < 1.29 is 9.21 Å². The Kier molecular flexibility index (Phi) is 13.7. The van der Waals surface area contributed by atoms with Gasteiger partial charge in [-0.1, -0.05) is 84.0 Å². The van der Waals surface area contributed by atoms with E-state index in [4.69, 9.17) is 4.42 Å². The van der Waals surface area contributed by atoms with Crippen LogP contribution in [0, 0.1) is 0 Å². The number of furan rings is 1. The van der Waals surface area contributed by atoms with Crippen molar-refractivity contribution in [3.8, 4) is 0 Å². The van der Waals surface area contributed by atoms with Gasteiger partial charge in [-0.3, -0.25) is 4.79 Å². The molecule has 0 aliphatic rings. The zero-order valence-corrected chi connectivity index (χ0v) is 16.0. The largest absolute Gasteiger partial charge is 0.463 e. The first kappa shape index (κ1) is 21.5. The van der Waals surface area contributed by atoms with Crippen molar-refractivity contribution in [2.45, 2.75) is 96.8 Å². The molecule has 142 valence electrons. The predicted octanol–water partition coefficient (Wildman–Crippen LogP) is 6.21. The lowest BCUT2D eigenvalue weighted by Crippen LogP contribution is -2.16. The second-order valence-corrected chi connectivity index (χ2v) is 6.80. The standard InChI is InChI=1S/C21H36N2O2/c1-2-3-4-5-6-7-8-9-10-11-12-13-14-17-21(24)23-22-19-20-16-15-18-25-20/h15-16,18-19H,2-14,17H2,1H3,(H,23,24). The number of hydrogen-bond donors (Lipinski definition) is 1. The first-order valence-corrected chi connectivity index (χ1v) is 10.2. The van der Waals surface area contributed by atoms with E-state index in [0.29, 0.717) is 12.2 Å². The van der Waals surface area contributed by atoms with Crippen LogP contribution in [0.1, 0.15) is 103 Å². The summed E-state index contributed by atoms with van der Waals surface area (Å²) in [6.45, 7) is 2.27. The Morgan fingerprint density at radius 3 is 2.04 bits per heavy atom. The van der Waals surface area contributed by atoms with Gasteiger partial charge in [-0.2, -0.15) is 5.10 Å². The highest BCUT2D eigenvalue weighted by molar-refractivity contribution is 5.80. The molecule has 4 nitrogen and oxygen atoms in total. The molecule has 0 aromatic carbocycles. The Hall–Kier alpha value is -1.58. The van der Waals surface area contributed by atoms with E-state index in [9.17, 15) is 4.79 Å². The van der Waals surface area contributed by atoms with E-state index in [2.05, 4.69) is 17.5 Å². The van der Waals surface area contributed by atoms with Crippen molar-refractivity contribution >= 4 is 12.1 Å². The van der Waals surface area contributed by atoms with E-state index in [1.54, 1.807) is 18.4 Å². The maximum Gasteiger partial charge on any atom is 0.240 e. The van der Waals surface area contributed by atoms with Crippen molar-refractivity contribution in [3.05, 3.63) is 24.2 Å². The van der Waals surface area contributed by atoms with Crippen molar-refractivity contribution in [1.82, 2.24) is 5.43 Å². The minimum Gasteiger partial charge on any atom is -0.463 e. The third kappa shape index (κ3) is 13.4. The molecule has 0 fully saturated rings. The van der Waals surface area contributed by atoms with Gasteiger partial charge < -0.3 is 4.42 Å². The number of amides is 1. The summed E-state index contributed by atoms with van der Waals surface area (Å²) in [5.41, 5.74) is 2.53. The molecule has 0 unspecified atom stereocenters. The van der Waals surface area contributed by atoms with E-state index in [1.807, 2.05) is 0 Å². The predicted molar refractivity (Wildman–Crippen MR) is 105 cm³/mol. The molecule has 0 spiro atoms. The van der Waals surface area contributed by atoms with Crippen LogP contribution >= 0.6 is 0 Å². The molecule has 0 aliphatic carbocycles. The molecule has 1 rings (SSSR count). The summed E-state index contributed by atoms with van der Waals surface area (Å²) in [5.74, 6) is 0.618. The fourth-order valence-corrected chi connectivity index (χ4v) is 2.89. The van der Waals surface area contributed by atoms with E-state index in [1.165, 1.54) is 76.8 Å². The third-order valence-electron chi connectivity index (χ3n) is 4.43. The van der Waals surface area contributed by atoms with Gasteiger partial charge in [0.2, 0.25) is 5.91 Å². The topological polar surface area (TPSA) is 54.6 Å². The molecular formula is C21H36N2O2. The second-order valence-electron chi connectivity index (χ2n) is 6.80. The van der Waals surface area contributed by atoms with E-state index in [-0.39, 0.29) is 5.91 Å². The quantitative estimate of drug-likeness (QED) is 0.219. The number of rotatable bonds is 16. The normalized spacial score (nSPS) is 11.2. The van der Waals surface area contributed by atoms with Gasteiger partial charge in [0.15, 0.2) is 0 Å². The van der Waals surface area contributed by atoms with Gasteiger partial charge in [0.05, 0.1) is 12.5 Å². The third-order valence-corrected chi connectivity index (χ3v) is 4.43. The zero-order chi connectivity index (χ0) is 18.0. The van der Waals surface area contributed by atoms with Gasteiger partial charge in [-0.05, 0) is 18.6 Å². The minimum atomic E-state index is -0.0223. The summed E-state index contributed by atoms with van der Waals surface area (Å²) in [4.78, 5) is 11.6. The number of unbranched alkanes of at least 4 members (excludes halogenated alkanes) is 12. The van der Waals surface area contributed by atoms with Gasteiger partial charge in [0, 0.05) is 6.42 Å². The highest BCUT2D eigenvalue weighted by Gasteiger charge is 1.99. The van der Waals surface area contributed by atoms with Crippen molar-refractivity contribution in [2.24, 2.45) is 5.10 Å². The molecule has 0 saturated carbocycles. The molecule has 0 bridgehead atoms. The van der Waals surface area contributed by atoms with Crippen LogP contribution in [-0.4, -0.2) is 12.1 Å². The Morgan fingerprint density at radius 2 is 1.52 bits per heavy atom. The molecule has 1 amide bonds. The van der Waals surface area contributed by atoms with Crippen LogP contribution in [0.3, 0.4) is 0 Å². The first-order valence-electron chi connectivity index (χ1n) is 10.2. The number of carbonyl (C=O) groups excluding carboxylic acids is 1. The number of carbonyl (C=O) groups is 1. The van der Waals surface area contributed by atoms with Gasteiger partial charge in [-0.15, -0.1) is 0 Å². The van der Waals surface area contributed by atoms with Crippen LogP contribution in [0.15, 0.2) is 27.9 Å². The van der Waals surface area contributed by atoms with E-state index in [0.717, 1.165) is 12.8 Å². The number of nitrogens with one attached hydrogen (secondary N) is 1. The summed E-state index contributed by atoms with van der Waals surface area (Å²) in [5, 5.41) is 3.88. The number of hydrogen-bond acceptors (Lipinski definition) is 3.